The van der Waals surface area contributed by atoms with Gasteiger partial charge in [0.2, 0.25) is 10.0 Å². The third-order valence-corrected chi connectivity index (χ3v) is 4.09. The normalized spacial score (nSPS) is 13.8. The number of hydrogen-bond donors (Lipinski definition) is 1. The molecule has 1 heterocycles. The second kappa shape index (κ2) is 4.91. The second-order valence-electron chi connectivity index (χ2n) is 3.21. The van der Waals surface area contributed by atoms with Crippen LogP contribution in [0.1, 0.15) is 11.8 Å². The van der Waals surface area contributed by atoms with Crippen LogP contribution in [0.3, 0.4) is 0 Å². The summed E-state index contributed by atoms with van der Waals surface area (Å²) in [7, 11) is -1.88. The smallest absolute Gasteiger partial charge is 0.237 e. The van der Waals surface area contributed by atoms with E-state index in [0.29, 0.717) is 5.13 Å². The predicted molar refractivity (Wildman–Crippen MR) is 60.7 cm³/mol. The SMILES string of the molecule is CO[C@H](C)CS(=O)(=O)Nc1ncc(C)s1. The van der Waals surface area contributed by atoms with Crippen molar-refractivity contribution in [2.24, 2.45) is 0 Å². The summed E-state index contributed by atoms with van der Waals surface area (Å²) in [5.74, 6) is -0.0673. The van der Waals surface area contributed by atoms with Crippen LogP contribution in [0, 0.1) is 6.92 Å². The van der Waals surface area contributed by atoms with Gasteiger partial charge in [0.1, 0.15) is 0 Å². The van der Waals surface area contributed by atoms with Crippen LogP contribution in [0.15, 0.2) is 6.20 Å². The average molecular weight is 250 g/mol. The first kappa shape index (κ1) is 12.4. The van der Waals surface area contributed by atoms with Crippen LogP contribution in [0.2, 0.25) is 0 Å². The molecule has 1 N–H and O–H groups in total. The van der Waals surface area contributed by atoms with Crippen molar-refractivity contribution in [1.29, 1.82) is 0 Å². The van der Waals surface area contributed by atoms with Crippen LogP contribution >= 0.6 is 11.3 Å². The molecule has 1 aromatic heterocycles. The molecule has 1 atom stereocenters. The Labute approximate surface area is 93.5 Å². The Morgan fingerprint density at radius 2 is 2.33 bits per heavy atom. The Morgan fingerprint density at radius 3 is 2.80 bits per heavy atom. The summed E-state index contributed by atoms with van der Waals surface area (Å²) in [6, 6.07) is 0. The minimum absolute atomic E-state index is 0.0673. The number of nitrogens with one attached hydrogen (secondary N) is 1. The molecule has 15 heavy (non-hydrogen) atoms. The number of ether oxygens (including phenoxy) is 1. The molecule has 1 rings (SSSR count). The van der Waals surface area contributed by atoms with E-state index < -0.39 is 10.0 Å². The van der Waals surface area contributed by atoms with Crippen LogP contribution in [-0.4, -0.2) is 32.4 Å². The number of aromatic nitrogens is 1. The highest BCUT2D eigenvalue weighted by molar-refractivity contribution is 7.92. The molecule has 1 aromatic rings. The lowest BCUT2D eigenvalue weighted by atomic mass is 10.5. The highest BCUT2D eigenvalue weighted by atomic mass is 32.2. The zero-order valence-corrected chi connectivity index (χ0v) is 10.5. The predicted octanol–water partition coefficient (Wildman–Crippen LogP) is 1.23. The molecule has 0 aliphatic carbocycles. The fourth-order valence-electron chi connectivity index (χ4n) is 0.954. The minimum Gasteiger partial charge on any atom is -0.381 e. The number of nitrogens with zero attached hydrogens (tertiary/aromatic N) is 1. The van der Waals surface area contributed by atoms with Crippen molar-refractivity contribution in [2.75, 3.05) is 17.6 Å². The molecule has 0 amide bonds. The topological polar surface area (TPSA) is 68.3 Å². The van der Waals surface area contributed by atoms with Gasteiger partial charge in [0.25, 0.3) is 0 Å². The monoisotopic (exact) mass is 250 g/mol. The third-order valence-electron chi connectivity index (χ3n) is 1.72. The molecule has 86 valence electrons. The van der Waals surface area contributed by atoms with Crippen LogP contribution in [0.25, 0.3) is 0 Å². The molecular formula is C8H14N2O3S2. The van der Waals surface area contributed by atoms with Gasteiger partial charge < -0.3 is 4.74 Å². The Kier molecular flexibility index (Phi) is 4.06. The summed E-state index contributed by atoms with van der Waals surface area (Å²) in [6.45, 7) is 3.57. The summed E-state index contributed by atoms with van der Waals surface area (Å²) < 4.78 is 30.4. The second-order valence-corrected chi connectivity index (χ2v) is 6.21. The van der Waals surface area contributed by atoms with E-state index in [-0.39, 0.29) is 11.9 Å². The van der Waals surface area contributed by atoms with Crippen molar-refractivity contribution < 1.29 is 13.2 Å². The fraction of sp³-hybridized carbons (Fsp3) is 0.625. The molecule has 0 spiro atoms. The third kappa shape index (κ3) is 4.15. The lowest BCUT2D eigenvalue weighted by Crippen LogP contribution is -2.25. The number of anilines is 1. The molecule has 0 saturated heterocycles. The maximum absolute atomic E-state index is 11.6. The van der Waals surface area contributed by atoms with E-state index in [1.54, 1.807) is 13.1 Å². The van der Waals surface area contributed by atoms with Crippen molar-refractivity contribution in [3.63, 3.8) is 0 Å². The Hall–Kier alpha value is -0.660. The number of methoxy groups -OCH3 is 1. The van der Waals surface area contributed by atoms with Crippen LogP contribution in [0.5, 0.6) is 0 Å². The highest BCUT2D eigenvalue weighted by Gasteiger charge is 2.16. The number of rotatable bonds is 5. The number of sulfonamides is 1. The maximum atomic E-state index is 11.6. The number of aryl methyl sites for hydroxylation is 1. The zero-order chi connectivity index (χ0) is 11.5. The molecule has 0 unspecified atom stereocenters. The van der Waals surface area contributed by atoms with Gasteiger partial charge in [0.15, 0.2) is 5.13 Å². The molecule has 0 radical (unpaired) electrons. The number of hydrogen-bond acceptors (Lipinski definition) is 5. The Morgan fingerprint density at radius 1 is 1.67 bits per heavy atom. The standard InChI is InChI=1S/C8H14N2O3S2/c1-6(13-3)5-15(11,12)10-8-9-4-7(2)14-8/h4,6H,5H2,1-3H3,(H,9,10)/t6-/m1/s1. The van der Waals surface area contributed by atoms with Gasteiger partial charge in [-0.3, -0.25) is 4.72 Å². The van der Waals surface area contributed by atoms with E-state index in [9.17, 15) is 8.42 Å². The van der Waals surface area contributed by atoms with E-state index in [0.717, 1.165) is 4.88 Å². The van der Waals surface area contributed by atoms with Crippen LogP contribution in [0.4, 0.5) is 5.13 Å². The molecule has 0 fully saturated rings. The highest BCUT2D eigenvalue weighted by Crippen LogP contribution is 2.18. The molecule has 0 saturated carbocycles. The molecular weight excluding hydrogens is 236 g/mol. The van der Waals surface area contributed by atoms with E-state index in [1.807, 2.05) is 6.92 Å². The molecule has 0 aliphatic heterocycles. The molecule has 0 aromatic carbocycles. The van der Waals surface area contributed by atoms with Gasteiger partial charge in [-0.05, 0) is 13.8 Å². The summed E-state index contributed by atoms with van der Waals surface area (Å²) in [5.41, 5.74) is 0. The summed E-state index contributed by atoms with van der Waals surface area (Å²) in [5, 5.41) is 0.399. The minimum atomic E-state index is -3.36. The Balaban J connectivity index is 2.64. The quantitative estimate of drug-likeness (QED) is 0.853. The van der Waals surface area contributed by atoms with E-state index in [4.69, 9.17) is 4.74 Å². The summed E-state index contributed by atoms with van der Waals surface area (Å²) >= 11 is 1.31. The van der Waals surface area contributed by atoms with Gasteiger partial charge in [-0.25, -0.2) is 13.4 Å². The lowest BCUT2D eigenvalue weighted by molar-refractivity contribution is 0.136. The largest absolute Gasteiger partial charge is 0.381 e. The summed E-state index contributed by atoms with van der Waals surface area (Å²) in [4.78, 5) is 4.89. The van der Waals surface area contributed by atoms with E-state index in [1.165, 1.54) is 18.4 Å². The first-order chi connectivity index (χ1) is 6.93. The zero-order valence-electron chi connectivity index (χ0n) is 8.85. The lowest BCUT2D eigenvalue weighted by Gasteiger charge is -2.09. The van der Waals surface area contributed by atoms with Crippen molar-refractivity contribution in [1.82, 2.24) is 4.98 Å². The first-order valence-corrected chi connectivity index (χ1v) is 6.85. The fourth-order valence-corrected chi connectivity index (χ4v) is 3.17. The van der Waals surface area contributed by atoms with Gasteiger partial charge in [0.05, 0.1) is 11.9 Å². The van der Waals surface area contributed by atoms with Gasteiger partial charge in [-0.2, -0.15) is 0 Å². The van der Waals surface area contributed by atoms with Crippen LogP contribution in [-0.2, 0) is 14.8 Å². The van der Waals surface area contributed by atoms with Gasteiger partial charge in [-0.15, -0.1) is 11.3 Å². The van der Waals surface area contributed by atoms with E-state index in [2.05, 4.69) is 9.71 Å². The average Bonchev–Trinajstić information content (AvgIpc) is 2.49. The van der Waals surface area contributed by atoms with Gasteiger partial charge >= 0.3 is 0 Å². The summed E-state index contributed by atoms with van der Waals surface area (Å²) in [6.07, 6.45) is 1.30. The number of thiazole rings is 1. The van der Waals surface area contributed by atoms with E-state index >= 15 is 0 Å². The van der Waals surface area contributed by atoms with Crippen molar-refractivity contribution in [3.8, 4) is 0 Å². The maximum Gasteiger partial charge on any atom is 0.237 e. The Bertz CT molecular complexity index is 413. The molecule has 0 bridgehead atoms. The van der Waals surface area contributed by atoms with Gasteiger partial charge in [0, 0.05) is 18.2 Å². The molecule has 5 nitrogen and oxygen atoms in total. The van der Waals surface area contributed by atoms with Crippen molar-refractivity contribution in [2.45, 2.75) is 20.0 Å². The molecule has 0 aliphatic rings. The van der Waals surface area contributed by atoms with Crippen molar-refractivity contribution in [3.05, 3.63) is 11.1 Å². The first-order valence-electron chi connectivity index (χ1n) is 4.38. The molecule has 7 heteroatoms. The van der Waals surface area contributed by atoms with Gasteiger partial charge in [-0.1, -0.05) is 0 Å². The van der Waals surface area contributed by atoms with Crippen molar-refractivity contribution >= 4 is 26.5 Å². The van der Waals surface area contributed by atoms with Crippen LogP contribution < -0.4 is 4.72 Å².